The summed E-state index contributed by atoms with van der Waals surface area (Å²) in [5.41, 5.74) is 0.394. The summed E-state index contributed by atoms with van der Waals surface area (Å²) in [6.07, 6.45) is 1.03. The zero-order chi connectivity index (χ0) is 17.9. The highest BCUT2D eigenvalue weighted by Crippen LogP contribution is 2.21. The van der Waals surface area contributed by atoms with Crippen molar-refractivity contribution in [2.45, 2.75) is 46.1 Å². The summed E-state index contributed by atoms with van der Waals surface area (Å²) in [6.45, 7) is 7.99. The number of hydrogen-bond acceptors (Lipinski definition) is 3. The maximum absolute atomic E-state index is 13.6. The predicted molar refractivity (Wildman–Crippen MR) is 90.3 cm³/mol. The van der Waals surface area contributed by atoms with Crippen molar-refractivity contribution in [3.63, 3.8) is 0 Å². The molecular weight excluding hydrogens is 311 g/mol. The van der Waals surface area contributed by atoms with Crippen LogP contribution in [-0.2, 0) is 9.53 Å². The summed E-state index contributed by atoms with van der Waals surface area (Å²) >= 11 is 0. The van der Waals surface area contributed by atoms with Crippen LogP contribution in [0.4, 0.5) is 14.9 Å². The number of piperidine rings is 1. The van der Waals surface area contributed by atoms with E-state index in [1.807, 2.05) is 20.8 Å². The lowest BCUT2D eigenvalue weighted by atomic mass is 9.97. The molecule has 1 fully saturated rings. The number of likely N-dealkylation sites (tertiary alicyclic amines) is 1. The van der Waals surface area contributed by atoms with Crippen LogP contribution in [0.1, 0.15) is 39.2 Å². The molecule has 0 aliphatic carbocycles. The maximum atomic E-state index is 13.6. The molecule has 1 aromatic rings. The number of hydrogen-bond donors (Lipinski definition) is 1. The van der Waals surface area contributed by atoms with E-state index in [2.05, 4.69) is 5.32 Å². The molecule has 1 N–H and O–H groups in total. The molecule has 1 aromatic carbocycles. The summed E-state index contributed by atoms with van der Waals surface area (Å²) in [5, 5.41) is 2.73. The van der Waals surface area contributed by atoms with E-state index in [-0.39, 0.29) is 17.6 Å². The van der Waals surface area contributed by atoms with Crippen LogP contribution < -0.4 is 5.32 Å². The first kappa shape index (κ1) is 18.2. The summed E-state index contributed by atoms with van der Waals surface area (Å²) in [5.74, 6) is -0.881. The SMILES string of the molecule is Cc1ccc(NC(=O)[C@H]2CCCN(C(=O)OC(C)(C)C)C2)cc1F. The lowest BCUT2D eigenvalue weighted by Gasteiger charge is -2.33. The highest BCUT2D eigenvalue weighted by Gasteiger charge is 2.31. The van der Waals surface area contributed by atoms with Gasteiger partial charge in [0.1, 0.15) is 11.4 Å². The van der Waals surface area contributed by atoms with Gasteiger partial charge < -0.3 is 15.0 Å². The van der Waals surface area contributed by atoms with Crippen molar-refractivity contribution in [1.82, 2.24) is 4.90 Å². The minimum absolute atomic E-state index is 0.202. The molecule has 5 nitrogen and oxygen atoms in total. The maximum Gasteiger partial charge on any atom is 0.410 e. The third-order valence-electron chi connectivity index (χ3n) is 3.88. The Morgan fingerprint density at radius 2 is 2.04 bits per heavy atom. The largest absolute Gasteiger partial charge is 0.444 e. The van der Waals surface area contributed by atoms with Gasteiger partial charge in [-0.1, -0.05) is 6.07 Å². The lowest BCUT2D eigenvalue weighted by Crippen LogP contribution is -2.45. The van der Waals surface area contributed by atoms with E-state index in [1.54, 1.807) is 24.0 Å². The molecule has 0 spiro atoms. The van der Waals surface area contributed by atoms with E-state index in [0.29, 0.717) is 30.8 Å². The second-order valence-corrected chi connectivity index (χ2v) is 7.22. The van der Waals surface area contributed by atoms with Crippen molar-refractivity contribution in [3.05, 3.63) is 29.6 Å². The van der Waals surface area contributed by atoms with Gasteiger partial charge in [-0.3, -0.25) is 4.79 Å². The number of amides is 2. The standard InChI is InChI=1S/C18H25FN2O3/c1-12-7-8-14(10-15(12)19)20-16(22)13-6-5-9-21(11-13)17(23)24-18(2,3)4/h7-8,10,13H,5-6,9,11H2,1-4H3,(H,20,22)/t13-/m0/s1. The summed E-state index contributed by atoms with van der Waals surface area (Å²) in [6, 6.07) is 4.60. The van der Waals surface area contributed by atoms with E-state index in [0.717, 1.165) is 6.42 Å². The Labute approximate surface area is 142 Å². The van der Waals surface area contributed by atoms with Crippen molar-refractivity contribution in [2.75, 3.05) is 18.4 Å². The number of ether oxygens (including phenoxy) is 1. The number of anilines is 1. The van der Waals surface area contributed by atoms with Crippen molar-refractivity contribution >= 4 is 17.7 Å². The van der Waals surface area contributed by atoms with Gasteiger partial charge in [0.15, 0.2) is 0 Å². The van der Waals surface area contributed by atoms with Gasteiger partial charge in [-0.05, 0) is 58.2 Å². The summed E-state index contributed by atoms with van der Waals surface area (Å²) in [4.78, 5) is 26.1. The van der Waals surface area contributed by atoms with E-state index >= 15 is 0 Å². The summed E-state index contributed by atoms with van der Waals surface area (Å²) < 4.78 is 18.9. The van der Waals surface area contributed by atoms with Crippen LogP contribution in [0.25, 0.3) is 0 Å². The minimum Gasteiger partial charge on any atom is -0.444 e. The molecule has 1 heterocycles. The van der Waals surface area contributed by atoms with E-state index in [4.69, 9.17) is 4.74 Å². The normalized spacial score (nSPS) is 18.2. The highest BCUT2D eigenvalue weighted by atomic mass is 19.1. The van der Waals surface area contributed by atoms with Gasteiger partial charge in [0.25, 0.3) is 0 Å². The Kier molecular flexibility index (Phi) is 5.47. The molecule has 0 aromatic heterocycles. The molecular formula is C18H25FN2O3. The fourth-order valence-electron chi connectivity index (χ4n) is 2.60. The van der Waals surface area contributed by atoms with E-state index < -0.39 is 11.7 Å². The molecule has 2 rings (SSSR count). The predicted octanol–water partition coefficient (Wildman–Crippen LogP) is 3.72. The number of nitrogens with zero attached hydrogens (tertiary/aromatic N) is 1. The number of carbonyl (C=O) groups is 2. The van der Waals surface area contributed by atoms with Gasteiger partial charge in [-0.2, -0.15) is 0 Å². The van der Waals surface area contributed by atoms with Crippen LogP contribution in [0, 0.1) is 18.7 Å². The fraction of sp³-hybridized carbons (Fsp3) is 0.556. The van der Waals surface area contributed by atoms with Crippen molar-refractivity contribution in [3.8, 4) is 0 Å². The molecule has 0 radical (unpaired) electrons. The third-order valence-corrected chi connectivity index (χ3v) is 3.88. The minimum atomic E-state index is -0.564. The average Bonchev–Trinajstić information content (AvgIpc) is 2.49. The molecule has 0 bridgehead atoms. The Morgan fingerprint density at radius 1 is 1.33 bits per heavy atom. The number of nitrogens with one attached hydrogen (secondary N) is 1. The van der Waals surface area contributed by atoms with Crippen LogP contribution in [0.3, 0.4) is 0 Å². The van der Waals surface area contributed by atoms with Crippen molar-refractivity contribution in [2.24, 2.45) is 5.92 Å². The highest BCUT2D eigenvalue weighted by molar-refractivity contribution is 5.93. The topological polar surface area (TPSA) is 58.6 Å². The number of aryl methyl sites for hydroxylation is 1. The van der Waals surface area contributed by atoms with Gasteiger partial charge in [0.05, 0.1) is 5.92 Å². The second kappa shape index (κ2) is 7.20. The average molecular weight is 336 g/mol. The fourth-order valence-corrected chi connectivity index (χ4v) is 2.60. The molecule has 1 atom stereocenters. The number of halogens is 1. The van der Waals surface area contributed by atoms with Gasteiger partial charge in [0, 0.05) is 18.8 Å². The zero-order valence-corrected chi connectivity index (χ0v) is 14.7. The molecule has 1 saturated heterocycles. The van der Waals surface area contributed by atoms with Crippen molar-refractivity contribution in [1.29, 1.82) is 0 Å². The van der Waals surface area contributed by atoms with Gasteiger partial charge in [0.2, 0.25) is 5.91 Å². The lowest BCUT2D eigenvalue weighted by molar-refractivity contribution is -0.121. The van der Waals surface area contributed by atoms with Crippen LogP contribution in [-0.4, -0.2) is 35.6 Å². The smallest absolute Gasteiger partial charge is 0.410 e. The Bertz CT molecular complexity index is 625. The quantitative estimate of drug-likeness (QED) is 0.895. The molecule has 24 heavy (non-hydrogen) atoms. The Hall–Kier alpha value is -2.11. The van der Waals surface area contributed by atoms with Crippen LogP contribution in [0.5, 0.6) is 0 Å². The number of benzene rings is 1. The van der Waals surface area contributed by atoms with Crippen molar-refractivity contribution < 1.29 is 18.7 Å². The first-order chi connectivity index (χ1) is 11.2. The van der Waals surface area contributed by atoms with Crippen LogP contribution in [0.15, 0.2) is 18.2 Å². The van der Waals surface area contributed by atoms with Gasteiger partial charge in [-0.25, -0.2) is 9.18 Å². The number of rotatable bonds is 2. The molecule has 2 amide bonds. The van der Waals surface area contributed by atoms with Gasteiger partial charge in [-0.15, -0.1) is 0 Å². The molecule has 0 saturated carbocycles. The first-order valence-electron chi connectivity index (χ1n) is 8.20. The Balaban J connectivity index is 1.97. The molecule has 132 valence electrons. The molecule has 1 aliphatic heterocycles. The summed E-state index contributed by atoms with van der Waals surface area (Å²) in [7, 11) is 0. The monoisotopic (exact) mass is 336 g/mol. The van der Waals surface area contributed by atoms with Gasteiger partial charge >= 0.3 is 6.09 Å². The van der Waals surface area contributed by atoms with Crippen LogP contribution >= 0.6 is 0 Å². The molecule has 0 unspecified atom stereocenters. The Morgan fingerprint density at radius 3 is 2.67 bits per heavy atom. The zero-order valence-electron chi connectivity index (χ0n) is 14.7. The third kappa shape index (κ3) is 4.94. The molecule has 6 heteroatoms. The molecule has 1 aliphatic rings. The number of carbonyl (C=O) groups excluding carboxylic acids is 2. The first-order valence-corrected chi connectivity index (χ1v) is 8.20. The van der Waals surface area contributed by atoms with E-state index in [9.17, 15) is 14.0 Å². The van der Waals surface area contributed by atoms with E-state index in [1.165, 1.54) is 6.07 Å². The second-order valence-electron chi connectivity index (χ2n) is 7.22. The van der Waals surface area contributed by atoms with Crippen LogP contribution in [0.2, 0.25) is 0 Å².